The largest absolute Gasteiger partial charge is 0.380 e. The summed E-state index contributed by atoms with van der Waals surface area (Å²) in [5, 5.41) is 3.09. The van der Waals surface area contributed by atoms with Gasteiger partial charge in [0.15, 0.2) is 0 Å². The number of amides is 1. The van der Waals surface area contributed by atoms with E-state index in [-0.39, 0.29) is 12.5 Å². The van der Waals surface area contributed by atoms with E-state index < -0.39 is 0 Å². The van der Waals surface area contributed by atoms with E-state index in [0.29, 0.717) is 0 Å². The van der Waals surface area contributed by atoms with E-state index in [9.17, 15) is 4.79 Å². The van der Waals surface area contributed by atoms with Crippen LogP contribution in [0.2, 0.25) is 0 Å². The van der Waals surface area contributed by atoms with Crippen LogP contribution < -0.4 is 11.1 Å². The van der Waals surface area contributed by atoms with Gasteiger partial charge < -0.3 is 11.1 Å². The first-order chi connectivity index (χ1) is 9.24. The van der Waals surface area contributed by atoms with Crippen LogP contribution in [0.15, 0.2) is 53.8 Å². The molecule has 19 heavy (non-hydrogen) atoms. The van der Waals surface area contributed by atoms with E-state index in [1.807, 2.05) is 6.07 Å². The van der Waals surface area contributed by atoms with Gasteiger partial charge in [0, 0.05) is 5.70 Å². The summed E-state index contributed by atoms with van der Waals surface area (Å²) in [6, 6.07) is 10.4. The van der Waals surface area contributed by atoms with Crippen LogP contribution in [-0.4, -0.2) is 12.5 Å². The summed E-state index contributed by atoms with van der Waals surface area (Å²) >= 11 is 0. The van der Waals surface area contributed by atoms with Crippen molar-refractivity contribution in [3.05, 3.63) is 59.3 Å². The second-order valence-electron chi connectivity index (χ2n) is 4.81. The lowest BCUT2D eigenvalue weighted by atomic mass is 9.97. The summed E-state index contributed by atoms with van der Waals surface area (Å²) in [5.74, 6) is -0.318. The molecule has 100 valence electrons. The number of nitrogens with two attached hydrogens (primary N) is 1. The number of carbonyl (C=O) groups excluding carboxylic acids is 1. The topological polar surface area (TPSA) is 55.1 Å². The molecule has 0 spiro atoms. The maximum atomic E-state index is 10.8. The Kier molecular flexibility index (Phi) is 4.78. The molecule has 0 saturated heterocycles. The van der Waals surface area contributed by atoms with E-state index in [2.05, 4.69) is 41.7 Å². The molecule has 1 aromatic carbocycles. The molecule has 1 aliphatic rings. The van der Waals surface area contributed by atoms with E-state index in [1.165, 1.54) is 11.1 Å². The van der Waals surface area contributed by atoms with Crippen LogP contribution in [0.3, 0.4) is 0 Å². The van der Waals surface area contributed by atoms with Gasteiger partial charge in [-0.05, 0) is 42.9 Å². The minimum Gasteiger partial charge on any atom is -0.380 e. The summed E-state index contributed by atoms with van der Waals surface area (Å²) in [6.45, 7) is 0.220. The fourth-order valence-electron chi connectivity index (χ4n) is 2.22. The number of nitrogens with one attached hydrogen (secondary N) is 1. The van der Waals surface area contributed by atoms with Gasteiger partial charge in [-0.1, -0.05) is 36.4 Å². The molecule has 1 amide bonds. The smallest absolute Gasteiger partial charge is 0.236 e. The maximum absolute atomic E-state index is 10.8. The Labute approximate surface area is 114 Å². The van der Waals surface area contributed by atoms with E-state index >= 15 is 0 Å². The highest BCUT2D eigenvalue weighted by atomic mass is 16.1. The van der Waals surface area contributed by atoms with E-state index in [4.69, 9.17) is 5.73 Å². The molecular formula is C16H20N2O. The van der Waals surface area contributed by atoms with Crippen LogP contribution in [0, 0.1) is 0 Å². The maximum Gasteiger partial charge on any atom is 0.236 e. The molecule has 1 aromatic rings. The lowest BCUT2D eigenvalue weighted by Gasteiger charge is -2.16. The van der Waals surface area contributed by atoms with Crippen molar-refractivity contribution in [2.24, 2.45) is 5.73 Å². The number of allylic oxidation sites excluding steroid dienone is 4. The van der Waals surface area contributed by atoms with Gasteiger partial charge in [0.25, 0.3) is 0 Å². The standard InChI is InChI=1S/C16H20N2O/c17-16(19)12-18-15-8-4-7-14(11-15)10-9-13-5-2-1-3-6-13/h1-3,5-6,10-11,18H,4,7-9,12H2,(H2,17,19)/b14-10+. The highest BCUT2D eigenvalue weighted by molar-refractivity contribution is 5.76. The minimum absolute atomic E-state index is 0.220. The van der Waals surface area contributed by atoms with Crippen molar-refractivity contribution >= 4 is 5.91 Å². The van der Waals surface area contributed by atoms with Crippen molar-refractivity contribution < 1.29 is 4.79 Å². The predicted molar refractivity (Wildman–Crippen MR) is 77.4 cm³/mol. The average molecular weight is 256 g/mol. The zero-order valence-electron chi connectivity index (χ0n) is 11.1. The van der Waals surface area contributed by atoms with Crippen molar-refractivity contribution in [1.29, 1.82) is 0 Å². The van der Waals surface area contributed by atoms with Gasteiger partial charge in [0.2, 0.25) is 5.91 Å². The predicted octanol–water partition coefficient (Wildman–Crippen LogP) is 2.30. The Hall–Kier alpha value is -2.03. The van der Waals surface area contributed by atoms with Crippen LogP contribution in [0.5, 0.6) is 0 Å². The van der Waals surface area contributed by atoms with Gasteiger partial charge >= 0.3 is 0 Å². The molecular weight excluding hydrogens is 236 g/mol. The Balaban J connectivity index is 1.95. The molecule has 3 heteroatoms. The van der Waals surface area contributed by atoms with Crippen LogP contribution in [0.4, 0.5) is 0 Å². The third-order valence-electron chi connectivity index (χ3n) is 3.20. The Morgan fingerprint density at radius 2 is 2.05 bits per heavy atom. The van der Waals surface area contributed by atoms with Gasteiger partial charge in [-0.3, -0.25) is 4.79 Å². The molecule has 0 aromatic heterocycles. The highest BCUT2D eigenvalue weighted by Crippen LogP contribution is 2.21. The van der Waals surface area contributed by atoms with Crippen molar-refractivity contribution in [3.63, 3.8) is 0 Å². The van der Waals surface area contributed by atoms with Crippen LogP contribution in [-0.2, 0) is 11.2 Å². The molecule has 1 aliphatic carbocycles. The Morgan fingerprint density at radius 3 is 2.79 bits per heavy atom. The lowest BCUT2D eigenvalue weighted by molar-refractivity contribution is -0.117. The van der Waals surface area contributed by atoms with Gasteiger partial charge in [0.1, 0.15) is 0 Å². The van der Waals surface area contributed by atoms with Crippen molar-refractivity contribution in [2.45, 2.75) is 25.7 Å². The minimum atomic E-state index is -0.318. The summed E-state index contributed by atoms with van der Waals surface area (Å²) in [4.78, 5) is 10.8. The van der Waals surface area contributed by atoms with Gasteiger partial charge in [0.05, 0.1) is 6.54 Å². The lowest BCUT2D eigenvalue weighted by Crippen LogP contribution is -2.28. The molecule has 0 heterocycles. The molecule has 3 N–H and O–H groups in total. The molecule has 0 aliphatic heterocycles. The van der Waals surface area contributed by atoms with Crippen LogP contribution in [0.1, 0.15) is 24.8 Å². The number of rotatable bonds is 5. The second kappa shape index (κ2) is 6.78. The molecule has 0 fully saturated rings. The zero-order valence-corrected chi connectivity index (χ0v) is 11.1. The van der Waals surface area contributed by atoms with Gasteiger partial charge in [-0.15, -0.1) is 0 Å². The SMILES string of the molecule is NC(=O)CNC1=C/C(=C/Cc2ccccc2)CCC1. The average Bonchev–Trinajstić information content (AvgIpc) is 2.44. The molecule has 3 nitrogen and oxygen atoms in total. The van der Waals surface area contributed by atoms with E-state index in [1.54, 1.807) is 0 Å². The summed E-state index contributed by atoms with van der Waals surface area (Å²) in [6.07, 6.45) is 8.59. The Morgan fingerprint density at radius 1 is 1.26 bits per heavy atom. The van der Waals surface area contributed by atoms with Crippen molar-refractivity contribution in [2.75, 3.05) is 6.54 Å². The fraction of sp³-hybridized carbons (Fsp3) is 0.312. The molecule has 0 bridgehead atoms. The van der Waals surface area contributed by atoms with Crippen molar-refractivity contribution in [3.8, 4) is 0 Å². The number of hydrogen-bond acceptors (Lipinski definition) is 2. The number of primary amides is 1. The number of benzene rings is 1. The fourth-order valence-corrected chi connectivity index (χ4v) is 2.22. The number of hydrogen-bond donors (Lipinski definition) is 2. The zero-order chi connectivity index (χ0) is 13.5. The first-order valence-electron chi connectivity index (χ1n) is 6.70. The molecule has 0 radical (unpaired) electrons. The first-order valence-corrected chi connectivity index (χ1v) is 6.70. The van der Waals surface area contributed by atoms with Crippen LogP contribution in [0.25, 0.3) is 0 Å². The normalized spacial score (nSPS) is 17.1. The third kappa shape index (κ3) is 4.62. The van der Waals surface area contributed by atoms with E-state index in [0.717, 1.165) is 31.4 Å². The summed E-state index contributed by atoms with van der Waals surface area (Å²) in [5.41, 5.74) is 8.91. The van der Waals surface area contributed by atoms with Crippen LogP contribution >= 0.6 is 0 Å². The third-order valence-corrected chi connectivity index (χ3v) is 3.20. The summed E-state index contributed by atoms with van der Waals surface area (Å²) < 4.78 is 0. The monoisotopic (exact) mass is 256 g/mol. The molecule has 0 atom stereocenters. The molecule has 2 rings (SSSR count). The second-order valence-corrected chi connectivity index (χ2v) is 4.81. The first kappa shape index (κ1) is 13.4. The van der Waals surface area contributed by atoms with Crippen molar-refractivity contribution in [1.82, 2.24) is 5.32 Å². The highest BCUT2D eigenvalue weighted by Gasteiger charge is 2.07. The Bertz CT molecular complexity index is 489. The van der Waals surface area contributed by atoms with Gasteiger partial charge in [-0.25, -0.2) is 0 Å². The number of carbonyl (C=O) groups is 1. The summed E-state index contributed by atoms with van der Waals surface area (Å²) in [7, 11) is 0. The molecule has 0 unspecified atom stereocenters. The quantitative estimate of drug-likeness (QED) is 0.849. The van der Waals surface area contributed by atoms with Gasteiger partial charge in [-0.2, -0.15) is 0 Å². The molecule has 0 saturated carbocycles.